The predicted molar refractivity (Wildman–Crippen MR) is 90.0 cm³/mol. The smallest absolute Gasteiger partial charge is 0.321 e. The largest absolute Gasteiger partial charge is 0.341 e. The van der Waals surface area contributed by atoms with Crippen molar-refractivity contribution in [2.45, 2.75) is 38.0 Å². The highest BCUT2D eigenvalue weighted by Gasteiger charge is 2.29. The highest BCUT2D eigenvalue weighted by molar-refractivity contribution is 6.32. The van der Waals surface area contributed by atoms with E-state index >= 15 is 0 Å². The van der Waals surface area contributed by atoms with Crippen molar-refractivity contribution >= 4 is 29.2 Å². The van der Waals surface area contributed by atoms with Crippen LogP contribution < -0.4 is 10.6 Å². The molecule has 2 rings (SSSR count). The van der Waals surface area contributed by atoms with Gasteiger partial charge in [-0.3, -0.25) is 20.2 Å². The van der Waals surface area contributed by atoms with Crippen LogP contribution in [0.5, 0.6) is 0 Å². The summed E-state index contributed by atoms with van der Waals surface area (Å²) in [7, 11) is 1.42. The number of hydrogen-bond acceptors (Lipinski definition) is 4. The van der Waals surface area contributed by atoms with Crippen LogP contribution in [0.1, 0.15) is 43.6 Å². The van der Waals surface area contributed by atoms with Gasteiger partial charge in [0.25, 0.3) is 5.69 Å². The highest BCUT2D eigenvalue weighted by Crippen LogP contribution is 2.36. The van der Waals surface area contributed by atoms with Crippen LogP contribution in [0.15, 0.2) is 18.2 Å². The lowest BCUT2D eigenvalue weighted by atomic mass is 9.87. The van der Waals surface area contributed by atoms with Crippen molar-refractivity contribution in [2.24, 2.45) is 5.92 Å². The van der Waals surface area contributed by atoms with Crippen molar-refractivity contribution in [2.75, 3.05) is 7.05 Å². The van der Waals surface area contributed by atoms with Crippen LogP contribution in [0.4, 0.5) is 10.5 Å². The zero-order valence-corrected chi connectivity index (χ0v) is 14.1. The number of carbonyl (C=O) groups excluding carboxylic acids is 2. The lowest BCUT2D eigenvalue weighted by molar-refractivity contribution is -0.384. The first-order valence-corrected chi connectivity index (χ1v) is 8.26. The Morgan fingerprint density at radius 2 is 2.04 bits per heavy atom. The number of hydrogen-bond donors (Lipinski definition) is 2. The van der Waals surface area contributed by atoms with E-state index in [4.69, 9.17) is 11.6 Å². The molecular formula is C16H20ClN3O4. The molecule has 3 amide bonds. The minimum atomic E-state index is -0.624. The average molecular weight is 354 g/mol. The number of urea groups is 1. The number of benzene rings is 1. The number of nitrogens with one attached hydrogen (secondary N) is 2. The van der Waals surface area contributed by atoms with E-state index in [1.807, 2.05) is 0 Å². The summed E-state index contributed by atoms with van der Waals surface area (Å²) in [6, 6.07) is 3.76. The molecule has 0 spiro atoms. The fourth-order valence-electron chi connectivity index (χ4n) is 3.12. The van der Waals surface area contributed by atoms with Crippen molar-refractivity contribution in [3.63, 3.8) is 0 Å². The fraction of sp³-hybridized carbons (Fsp3) is 0.500. The Bertz CT molecular complexity index is 644. The number of nitro groups is 1. The van der Waals surface area contributed by atoms with E-state index in [-0.39, 0.29) is 10.7 Å². The van der Waals surface area contributed by atoms with Crippen LogP contribution in [-0.4, -0.2) is 23.9 Å². The van der Waals surface area contributed by atoms with Gasteiger partial charge in [-0.05, 0) is 24.0 Å². The van der Waals surface area contributed by atoms with Gasteiger partial charge in [0.2, 0.25) is 5.91 Å². The number of amides is 3. The molecule has 24 heavy (non-hydrogen) atoms. The highest BCUT2D eigenvalue weighted by atomic mass is 35.5. The molecular weight excluding hydrogens is 334 g/mol. The first-order chi connectivity index (χ1) is 11.4. The van der Waals surface area contributed by atoms with E-state index in [1.54, 1.807) is 6.07 Å². The van der Waals surface area contributed by atoms with E-state index in [0.717, 1.165) is 25.7 Å². The topological polar surface area (TPSA) is 101 Å². The summed E-state index contributed by atoms with van der Waals surface area (Å²) in [5.41, 5.74) is 0.262. The zero-order chi connectivity index (χ0) is 17.7. The third-order valence-corrected chi connectivity index (χ3v) is 4.71. The number of rotatable bonds is 5. The number of halogens is 1. The molecule has 1 unspecified atom stereocenters. The summed E-state index contributed by atoms with van der Waals surface area (Å²) >= 11 is 5.85. The van der Waals surface area contributed by atoms with Crippen LogP contribution in [0, 0.1) is 16.0 Å². The quantitative estimate of drug-likeness (QED) is 0.625. The second-order valence-electron chi connectivity index (χ2n) is 5.98. The molecule has 0 heterocycles. The van der Waals surface area contributed by atoms with Gasteiger partial charge in [-0.1, -0.05) is 43.4 Å². The van der Waals surface area contributed by atoms with E-state index in [9.17, 15) is 19.7 Å². The molecule has 0 radical (unpaired) electrons. The van der Waals surface area contributed by atoms with Gasteiger partial charge in [0.05, 0.1) is 10.8 Å². The van der Waals surface area contributed by atoms with Gasteiger partial charge in [0.15, 0.2) is 0 Å². The maximum atomic E-state index is 12.5. The third kappa shape index (κ3) is 4.44. The van der Waals surface area contributed by atoms with Crippen LogP contribution in [0.25, 0.3) is 0 Å². The molecule has 0 aromatic heterocycles. The molecule has 1 aliphatic carbocycles. The van der Waals surface area contributed by atoms with Gasteiger partial charge in [-0.25, -0.2) is 4.79 Å². The van der Waals surface area contributed by atoms with E-state index in [2.05, 4.69) is 10.6 Å². The predicted octanol–water partition coefficient (Wildman–Crippen LogP) is 3.37. The maximum Gasteiger partial charge on any atom is 0.321 e. The lowest BCUT2D eigenvalue weighted by Crippen LogP contribution is -2.40. The Balaban J connectivity index is 2.30. The van der Waals surface area contributed by atoms with Gasteiger partial charge in [-0.2, -0.15) is 0 Å². The van der Waals surface area contributed by atoms with Crippen LogP contribution in [0.3, 0.4) is 0 Å². The molecule has 1 aliphatic rings. The van der Waals surface area contributed by atoms with E-state index in [1.165, 1.54) is 19.2 Å². The van der Waals surface area contributed by atoms with Gasteiger partial charge in [0.1, 0.15) is 5.02 Å². The minimum absolute atomic E-state index is 0.0232. The summed E-state index contributed by atoms with van der Waals surface area (Å²) < 4.78 is 0. The molecule has 1 fully saturated rings. The van der Waals surface area contributed by atoms with Crippen LogP contribution in [0.2, 0.25) is 5.02 Å². The maximum absolute atomic E-state index is 12.5. The molecule has 1 saturated carbocycles. The summed E-state index contributed by atoms with van der Waals surface area (Å²) in [4.78, 5) is 34.5. The fourth-order valence-corrected chi connectivity index (χ4v) is 3.31. The summed E-state index contributed by atoms with van der Waals surface area (Å²) in [5.74, 6) is -0.709. The van der Waals surface area contributed by atoms with Crippen molar-refractivity contribution in [1.29, 1.82) is 0 Å². The van der Waals surface area contributed by atoms with Crippen molar-refractivity contribution in [3.05, 3.63) is 38.9 Å². The normalized spacial score (nSPS) is 15.8. The standard InChI is InChI=1S/C16H20ClN3O4/c1-18-16(22)19-15(21)12(8-10-4-2-3-5-10)11-6-7-13(17)14(9-11)20(23)24/h6-7,9-10,12H,2-5,8H2,1H3,(H2,18,19,21,22). The molecule has 7 nitrogen and oxygen atoms in total. The molecule has 1 aromatic carbocycles. The Hall–Kier alpha value is -2.15. The van der Waals surface area contributed by atoms with Crippen LogP contribution in [-0.2, 0) is 4.79 Å². The number of nitrogens with zero attached hydrogens (tertiary/aromatic N) is 1. The number of imide groups is 1. The minimum Gasteiger partial charge on any atom is -0.341 e. The van der Waals surface area contributed by atoms with Crippen LogP contribution >= 0.6 is 11.6 Å². The Morgan fingerprint density at radius 1 is 1.38 bits per heavy atom. The van der Waals surface area contributed by atoms with Crippen molar-refractivity contribution < 1.29 is 14.5 Å². The molecule has 8 heteroatoms. The summed E-state index contributed by atoms with van der Waals surface area (Å²) in [6.07, 6.45) is 4.85. The second-order valence-corrected chi connectivity index (χ2v) is 6.38. The van der Waals surface area contributed by atoms with Gasteiger partial charge >= 0.3 is 6.03 Å². The third-order valence-electron chi connectivity index (χ3n) is 4.39. The molecule has 0 saturated heterocycles. The van der Waals surface area contributed by atoms with Gasteiger partial charge in [-0.15, -0.1) is 0 Å². The van der Waals surface area contributed by atoms with Gasteiger partial charge < -0.3 is 5.32 Å². The molecule has 2 N–H and O–H groups in total. The molecule has 130 valence electrons. The number of carbonyl (C=O) groups is 2. The molecule has 1 aromatic rings. The molecule has 1 atom stereocenters. The Labute approximate surface area is 144 Å². The summed E-state index contributed by atoms with van der Waals surface area (Å²) in [6.45, 7) is 0. The molecule has 0 aliphatic heterocycles. The Morgan fingerprint density at radius 3 is 2.62 bits per heavy atom. The number of nitro benzene ring substituents is 1. The first kappa shape index (κ1) is 18.2. The average Bonchev–Trinajstić information content (AvgIpc) is 3.06. The molecule has 0 bridgehead atoms. The van der Waals surface area contributed by atoms with Gasteiger partial charge in [0, 0.05) is 13.1 Å². The Kier molecular flexibility index (Phi) is 6.14. The van der Waals surface area contributed by atoms with Crippen molar-refractivity contribution in [1.82, 2.24) is 10.6 Å². The lowest BCUT2D eigenvalue weighted by Gasteiger charge is -2.20. The van der Waals surface area contributed by atoms with E-state index < -0.39 is 22.8 Å². The second kappa shape index (κ2) is 8.10. The van der Waals surface area contributed by atoms with Crippen molar-refractivity contribution in [3.8, 4) is 0 Å². The summed E-state index contributed by atoms with van der Waals surface area (Å²) in [5, 5.41) is 15.7. The first-order valence-electron chi connectivity index (χ1n) is 7.88. The van der Waals surface area contributed by atoms with E-state index in [0.29, 0.717) is 17.9 Å². The SMILES string of the molecule is CNC(=O)NC(=O)C(CC1CCCC1)c1ccc(Cl)c([N+](=O)[O-])c1. The monoisotopic (exact) mass is 353 g/mol. The zero-order valence-electron chi connectivity index (χ0n) is 13.4.